The molecule has 0 spiro atoms. The van der Waals surface area contributed by atoms with Crippen molar-refractivity contribution in [2.24, 2.45) is 0 Å². The minimum absolute atomic E-state index is 0.591. The first kappa shape index (κ1) is 12.0. The lowest BCUT2D eigenvalue weighted by Crippen LogP contribution is -1.97. The Morgan fingerprint density at radius 3 is 2.70 bits per heavy atom. The standard InChI is InChI=1S/C16H14BrN3/c17-12-9-10(5-8-13(12)18)16-19-14-3-1-2-4-15(14)20(16)11-6-7-11/h1-5,8-9,11H,6-7,18H2. The first-order valence-electron chi connectivity index (χ1n) is 6.76. The summed E-state index contributed by atoms with van der Waals surface area (Å²) in [5.74, 6) is 1.04. The van der Waals surface area contributed by atoms with E-state index in [0.29, 0.717) is 6.04 Å². The molecular weight excluding hydrogens is 314 g/mol. The molecule has 0 radical (unpaired) electrons. The fourth-order valence-electron chi connectivity index (χ4n) is 2.62. The first-order valence-corrected chi connectivity index (χ1v) is 7.56. The van der Waals surface area contributed by atoms with E-state index in [1.54, 1.807) is 0 Å². The van der Waals surface area contributed by atoms with Crippen LogP contribution < -0.4 is 5.73 Å². The Morgan fingerprint density at radius 1 is 1.15 bits per heavy atom. The van der Waals surface area contributed by atoms with Gasteiger partial charge in [-0.25, -0.2) is 4.98 Å². The molecular formula is C16H14BrN3. The lowest BCUT2D eigenvalue weighted by Gasteiger charge is -2.08. The molecule has 1 aliphatic carbocycles. The van der Waals surface area contributed by atoms with Gasteiger partial charge >= 0.3 is 0 Å². The van der Waals surface area contributed by atoms with Crippen LogP contribution in [0.1, 0.15) is 18.9 Å². The second kappa shape index (κ2) is 4.35. The zero-order valence-corrected chi connectivity index (χ0v) is 12.5. The van der Waals surface area contributed by atoms with Crippen LogP contribution in [-0.2, 0) is 0 Å². The van der Waals surface area contributed by atoms with E-state index in [9.17, 15) is 0 Å². The Balaban J connectivity index is 1.98. The Morgan fingerprint density at radius 2 is 1.95 bits per heavy atom. The SMILES string of the molecule is Nc1ccc(-c2nc3ccccc3n2C2CC2)cc1Br. The van der Waals surface area contributed by atoms with E-state index in [2.05, 4.69) is 44.8 Å². The quantitative estimate of drug-likeness (QED) is 0.709. The molecule has 2 aromatic carbocycles. The van der Waals surface area contributed by atoms with Crippen molar-refractivity contribution in [2.45, 2.75) is 18.9 Å². The average Bonchev–Trinajstić information content (AvgIpc) is 3.22. The molecule has 0 bridgehead atoms. The van der Waals surface area contributed by atoms with Crippen molar-refractivity contribution in [3.05, 3.63) is 46.9 Å². The van der Waals surface area contributed by atoms with Crippen LogP contribution in [0.25, 0.3) is 22.4 Å². The Bertz CT molecular complexity index is 803. The number of rotatable bonds is 2. The highest BCUT2D eigenvalue weighted by Crippen LogP contribution is 2.41. The van der Waals surface area contributed by atoms with E-state index < -0.39 is 0 Å². The van der Waals surface area contributed by atoms with E-state index >= 15 is 0 Å². The molecule has 1 saturated carbocycles. The number of nitrogen functional groups attached to an aromatic ring is 1. The summed E-state index contributed by atoms with van der Waals surface area (Å²) in [6.45, 7) is 0. The smallest absolute Gasteiger partial charge is 0.141 e. The summed E-state index contributed by atoms with van der Waals surface area (Å²) < 4.78 is 3.29. The molecule has 0 unspecified atom stereocenters. The monoisotopic (exact) mass is 327 g/mol. The van der Waals surface area contributed by atoms with Crippen LogP contribution in [0.3, 0.4) is 0 Å². The fourth-order valence-corrected chi connectivity index (χ4v) is 3.00. The summed E-state index contributed by atoms with van der Waals surface area (Å²) in [5.41, 5.74) is 10.0. The van der Waals surface area contributed by atoms with Crippen LogP contribution in [0.5, 0.6) is 0 Å². The average molecular weight is 328 g/mol. The van der Waals surface area contributed by atoms with Gasteiger partial charge in [0.25, 0.3) is 0 Å². The second-order valence-electron chi connectivity index (χ2n) is 5.26. The summed E-state index contributed by atoms with van der Waals surface area (Å²) >= 11 is 3.50. The van der Waals surface area contributed by atoms with E-state index in [0.717, 1.165) is 27.1 Å². The minimum Gasteiger partial charge on any atom is -0.398 e. The Hall–Kier alpha value is -1.81. The maximum atomic E-state index is 5.88. The van der Waals surface area contributed by atoms with Gasteiger partial charge in [-0.2, -0.15) is 0 Å². The zero-order valence-electron chi connectivity index (χ0n) is 10.9. The Kier molecular flexibility index (Phi) is 2.60. The summed E-state index contributed by atoms with van der Waals surface area (Å²) in [5, 5.41) is 0. The number of para-hydroxylation sites is 2. The number of aromatic nitrogens is 2. The van der Waals surface area contributed by atoms with Crippen molar-refractivity contribution in [3.63, 3.8) is 0 Å². The van der Waals surface area contributed by atoms with Gasteiger partial charge in [0, 0.05) is 21.8 Å². The number of benzene rings is 2. The molecule has 2 N–H and O–H groups in total. The Labute approximate surface area is 125 Å². The highest BCUT2D eigenvalue weighted by atomic mass is 79.9. The van der Waals surface area contributed by atoms with Gasteiger partial charge in [0.2, 0.25) is 0 Å². The van der Waals surface area contributed by atoms with Gasteiger partial charge in [-0.15, -0.1) is 0 Å². The largest absolute Gasteiger partial charge is 0.398 e. The normalized spacial score (nSPS) is 14.8. The van der Waals surface area contributed by atoms with E-state index in [1.807, 2.05) is 18.2 Å². The van der Waals surface area contributed by atoms with Crippen LogP contribution in [0.2, 0.25) is 0 Å². The van der Waals surface area contributed by atoms with E-state index in [4.69, 9.17) is 10.7 Å². The van der Waals surface area contributed by atoms with Crippen LogP contribution in [0.4, 0.5) is 5.69 Å². The summed E-state index contributed by atoms with van der Waals surface area (Å²) in [4.78, 5) is 4.82. The molecule has 1 aromatic heterocycles. The number of anilines is 1. The summed E-state index contributed by atoms with van der Waals surface area (Å²) in [6, 6.07) is 14.9. The molecule has 4 heteroatoms. The molecule has 100 valence electrons. The van der Waals surface area contributed by atoms with Crippen molar-refractivity contribution in [1.29, 1.82) is 0 Å². The maximum absolute atomic E-state index is 5.88. The number of nitrogens with two attached hydrogens (primary N) is 1. The van der Waals surface area contributed by atoms with Crippen LogP contribution in [0, 0.1) is 0 Å². The lowest BCUT2D eigenvalue weighted by molar-refractivity contribution is 0.775. The highest BCUT2D eigenvalue weighted by molar-refractivity contribution is 9.10. The third-order valence-electron chi connectivity index (χ3n) is 3.77. The van der Waals surface area contributed by atoms with Gasteiger partial charge in [-0.05, 0) is 59.1 Å². The number of nitrogens with zero attached hydrogens (tertiary/aromatic N) is 2. The number of hydrogen-bond donors (Lipinski definition) is 1. The van der Waals surface area contributed by atoms with Gasteiger partial charge in [-0.3, -0.25) is 0 Å². The maximum Gasteiger partial charge on any atom is 0.141 e. The minimum atomic E-state index is 0.591. The lowest BCUT2D eigenvalue weighted by atomic mass is 10.2. The fraction of sp³-hybridized carbons (Fsp3) is 0.188. The third kappa shape index (κ3) is 1.83. The number of fused-ring (bicyclic) bond motifs is 1. The number of hydrogen-bond acceptors (Lipinski definition) is 2. The molecule has 4 rings (SSSR count). The van der Waals surface area contributed by atoms with Gasteiger partial charge < -0.3 is 10.3 Å². The molecule has 1 heterocycles. The third-order valence-corrected chi connectivity index (χ3v) is 4.45. The van der Waals surface area contributed by atoms with Gasteiger partial charge in [0.15, 0.2) is 0 Å². The van der Waals surface area contributed by atoms with Gasteiger partial charge in [0.05, 0.1) is 11.0 Å². The molecule has 0 atom stereocenters. The predicted octanol–water partition coefficient (Wildman–Crippen LogP) is 4.38. The molecule has 20 heavy (non-hydrogen) atoms. The van der Waals surface area contributed by atoms with Crippen molar-refractivity contribution >= 4 is 32.7 Å². The van der Waals surface area contributed by atoms with E-state index in [1.165, 1.54) is 18.4 Å². The molecule has 0 saturated heterocycles. The van der Waals surface area contributed by atoms with Crippen molar-refractivity contribution in [2.75, 3.05) is 5.73 Å². The first-order chi connectivity index (χ1) is 9.74. The molecule has 3 nitrogen and oxygen atoms in total. The van der Waals surface area contributed by atoms with Crippen LogP contribution in [-0.4, -0.2) is 9.55 Å². The molecule has 0 amide bonds. The zero-order chi connectivity index (χ0) is 13.7. The highest BCUT2D eigenvalue weighted by Gasteiger charge is 2.28. The summed E-state index contributed by atoms with van der Waals surface area (Å²) in [7, 11) is 0. The summed E-state index contributed by atoms with van der Waals surface area (Å²) in [6.07, 6.45) is 2.48. The predicted molar refractivity (Wildman–Crippen MR) is 85.6 cm³/mol. The van der Waals surface area contributed by atoms with E-state index in [-0.39, 0.29) is 0 Å². The van der Waals surface area contributed by atoms with Crippen molar-refractivity contribution in [1.82, 2.24) is 9.55 Å². The van der Waals surface area contributed by atoms with Crippen LogP contribution in [0.15, 0.2) is 46.9 Å². The molecule has 0 aliphatic heterocycles. The van der Waals surface area contributed by atoms with Gasteiger partial charge in [-0.1, -0.05) is 12.1 Å². The molecule has 1 aliphatic rings. The van der Waals surface area contributed by atoms with Crippen LogP contribution >= 0.6 is 15.9 Å². The molecule has 1 fully saturated rings. The number of imidazole rings is 1. The molecule has 3 aromatic rings. The topological polar surface area (TPSA) is 43.8 Å². The number of halogens is 1. The van der Waals surface area contributed by atoms with Gasteiger partial charge in [0.1, 0.15) is 5.82 Å². The van der Waals surface area contributed by atoms with Crippen molar-refractivity contribution < 1.29 is 0 Å². The van der Waals surface area contributed by atoms with Crippen molar-refractivity contribution in [3.8, 4) is 11.4 Å². The second-order valence-corrected chi connectivity index (χ2v) is 6.12.